The summed E-state index contributed by atoms with van der Waals surface area (Å²) in [4.78, 5) is 12.9. The Morgan fingerprint density at radius 2 is 2.15 bits per heavy atom. The van der Waals surface area contributed by atoms with Crippen LogP contribution in [0.2, 0.25) is 0 Å². The molecule has 1 aliphatic heterocycles. The molecule has 76 valence electrons. The van der Waals surface area contributed by atoms with E-state index in [0.717, 1.165) is 0 Å². The molecule has 0 aromatic heterocycles. The van der Waals surface area contributed by atoms with Gasteiger partial charge in [-0.3, -0.25) is 0 Å². The predicted molar refractivity (Wildman–Crippen MR) is 50.4 cm³/mol. The van der Waals surface area contributed by atoms with Gasteiger partial charge in [-0.15, -0.1) is 0 Å². The number of aliphatic hydroxyl groups is 1. The minimum absolute atomic E-state index is 0.0250. The highest BCUT2D eigenvalue weighted by Gasteiger charge is 2.39. The molecule has 1 heterocycles. The standard InChI is InChI=1S/C9H18N2O2/c1-4-10-8(12)11-5-7(6-11)9(2,3)13/h7,13H,4-6H2,1-3H3,(H,10,12). The third kappa shape index (κ3) is 2.34. The summed E-state index contributed by atoms with van der Waals surface area (Å²) in [6.07, 6.45) is 0. The molecule has 0 aromatic rings. The van der Waals surface area contributed by atoms with Crippen LogP contribution in [0.5, 0.6) is 0 Å². The molecule has 2 N–H and O–H groups in total. The Balaban J connectivity index is 2.29. The van der Waals surface area contributed by atoms with Crippen LogP contribution in [0, 0.1) is 5.92 Å². The van der Waals surface area contributed by atoms with E-state index in [-0.39, 0.29) is 11.9 Å². The number of urea groups is 1. The second kappa shape index (κ2) is 3.54. The smallest absolute Gasteiger partial charge is 0.317 e. The van der Waals surface area contributed by atoms with E-state index in [2.05, 4.69) is 5.32 Å². The molecule has 1 aliphatic rings. The van der Waals surface area contributed by atoms with Gasteiger partial charge >= 0.3 is 6.03 Å². The second-order valence-electron chi connectivity index (χ2n) is 4.09. The number of carbonyl (C=O) groups excluding carboxylic acids is 1. The van der Waals surface area contributed by atoms with Crippen molar-refractivity contribution in [3.8, 4) is 0 Å². The lowest BCUT2D eigenvalue weighted by atomic mass is 9.85. The van der Waals surface area contributed by atoms with Crippen LogP contribution in [-0.2, 0) is 0 Å². The zero-order valence-corrected chi connectivity index (χ0v) is 8.50. The molecular formula is C9H18N2O2. The van der Waals surface area contributed by atoms with E-state index in [1.807, 2.05) is 6.92 Å². The fourth-order valence-corrected chi connectivity index (χ4v) is 1.35. The fraction of sp³-hybridized carbons (Fsp3) is 0.889. The molecule has 0 aliphatic carbocycles. The average Bonchev–Trinajstić information content (AvgIpc) is 1.79. The Labute approximate surface area is 78.9 Å². The number of carbonyl (C=O) groups is 1. The summed E-state index contributed by atoms with van der Waals surface area (Å²) in [7, 11) is 0. The highest BCUT2D eigenvalue weighted by molar-refractivity contribution is 5.75. The van der Waals surface area contributed by atoms with E-state index in [9.17, 15) is 9.90 Å². The minimum atomic E-state index is -0.664. The average molecular weight is 186 g/mol. The van der Waals surface area contributed by atoms with Gasteiger partial charge in [-0.25, -0.2) is 4.79 Å². The molecule has 0 atom stereocenters. The molecule has 1 fully saturated rings. The maximum absolute atomic E-state index is 11.2. The van der Waals surface area contributed by atoms with Gasteiger partial charge in [-0.1, -0.05) is 0 Å². The van der Waals surface area contributed by atoms with Crippen LogP contribution in [0.15, 0.2) is 0 Å². The molecule has 1 rings (SSSR count). The van der Waals surface area contributed by atoms with Crippen LogP contribution in [0.25, 0.3) is 0 Å². The Hall–Kier alpha value is -0.770. The molecule has 0 spiro atoms. The third-order valence-corrected chi connectivity index (χ3v) is 2.50. The molecule has 0 bridgehead atoms. The zero-order valence-electron chi connectivity index (χ0n) is 8.50. The van der Waals surface area contributed by atoms with Crippen LogP contribution in [0.1, 0.15) is 20.8 Å². The van der Waals surface area contributed by atoms with Crippen LogP contribution < -0.4 is 5.32 Å². The second-order valence-corrected chi connectivity index (χ2v) is 4.09. The van der Waals surface area contributed by atoms with E-state index in [4.69, 9.17) is 0 Å². The van der Waals surface area contributed by atoms with E-state index in [1.165, 1.54) is 0 Å². The summed E-state index contributed by atoms with van der Waals surface area (Å²) in [5, 5.41) is 12.3. The molecule has 0 saturated carbocycles. The minimum Gasteiger partial charge on any atom is -0.390 e. The highest BCUT2D eigenvalue weighted by atomic mass is 16.3. The van der Waals surface area contributed by atoms with Crippen molar-refractivity contribution in [2.75, 3.05) is 19.6 Å². The summed E-state index contributed by atoms with van der Waals surface area (Å²) in [5.41, 5.74) is -0.664. The molecule has 4 heteroatoms. The van der Waals surface area contributed by atoms with Crippen molar-refractivity contribution >= 4 is 6.03 Å². The van der Waals surface area contributed by atoms with Gasteiger partial charge < -0.3 is 15.3 Å². The number of hydrogen-bond donors (Lipinski definition) is 2. The van der Waals surface area contributed by atoms with E-state index < -0.39 is 5.60 Å². The van der Waals surface area contributed by atoms with Crippen molar-refractivity contribution in [2.24, 2.45) is 5.92 Å². The quantitative estimate of drug-likeness (QED) is 0.656. The fourth-order valence-electron chi connectivity index (χ4n) is 1.35. The monoisotopic (exact) mass is 186 g/mol. The highest BCUT2D eigenvalue weighted by Crippen LogP contribution is 2.26. The van der Waals surface area contributed by atoms with Gasteiger partial charge in [0.1, 0.15) is 0 Å². The van der Waals surface area contributed by atoms with Crippen LogP contribution in [0.3, 0.4) is 0 Å². The number of nitrogens with one attached hydrogen (secondary N) is 1. The molecule has 0 unspecified atom stereocenters. The Bertz CT molecular complexity index is 192. The molecule has 13 heavy (non-hydrogen) atoms. The molecule has 2 amide bonds. The van der Waals surface area contributed by atoms with Gasteiger partial charge in [-0.2, -0.15) is 0 Å². The first kappa shape index (κ1) is 10.3. The normalized spacial score (nSPS) is 18.3. The number of hydrogen-bond acceptors (Lipinski definition) is 2. The van der Waals surface area contributed by atoms with Gasteiger partial charge in [0.2, 0.25) is 0 Å². The maximum atomic E-state index is 11.2. The number of nitrogens with zero attached hydrogens (tertiary/aromatic N) is 1. The molecular weight excluding hydrogens is 168 g/mol. The largest absolute Gasteiger partial charge is 0.390 e. The van der Waals surface area contributed by atoms with Crippen LogP contribution in [-0.4, -0.2) is 41.3 Å². The van der Waals surface area contributed by atoms with Crippen LogP contribution in [0.4, 0.5) is 4.79 Å². The SMILES string of the molecule is CCNC(=O)N1CC(C(C)(C)O)C1. The van der Waals surface area contributed by atoms with E-state index in [1.54, 1.807) is 18.7 Å². The number of likely N-dealkylation sites (tertiary alicyclic amines) is 1. The molecule has 1 saturated heterocycles. The third-order valence-electron chi connectivity index (χ3n) is 2.50. The lowest BCUT2D eigenvalue weighted by molar-refractivity contribution is -0.0456. The summed E-state index contributed by atoms with van der Waals surface area (Å²) in [6, 6.07) is -0.0250. The zero-order chi connectivity index (χ0) is 10.1. The van der Waals surface area contributed by atoms with E-state index >= 15 is 0 Å². The van der Waals surface area contributed by atoms with Crippen molar-refractivity contribution in [2.45, 2.75) is 26.4 Å². The van der Waals surface area contributed by atoms with Crippen molar-refractivity contribution in [3.05, 3.63) is 0 Å². The van der Waals surface area contributed by atoms with Gasteiger partial charge in [-0.05, 0) is 20.8 Å². The summed E-state index contributed by atoms with van der Waals surface area (Å²) in [5.74, 6) is 0.218. The van der Waals surface area contributed by atoms with Crippen LogP contribution >= 0.6 is 0 Å². The predicted octanol–water partition coefficient (Wildman–Crippen LogP) is 0.419. The summed E-state index contributed by atoms with van der Waals surface area (Å²) in [6.45, 7) is 7.44. The molecule has 0 radical (unpaired) electrons. The summed E-state index contributed by atoms with van der Waals surface area (Å²) < 4.78 is 0. The molecule has 4 nitrogen and oxygen atoms in total. The van der Waals surface area contributed by atoms with Gasteiger partial charge in [0.05, 0.1) is 5.60 Å². The van der Waals surface area contributed by atoms with Crippen molar-refractivity contribution in [1.82, 2.24) is 10.2 Å². The topological polar surface area (TPSA) is 52.6 Å². The Morgan fingerprint density at radius 3 is 2.54 bits per heavy atom. The first-order valence-corrected chi connectivity index (χ1v) is 4.70. The number of rotatable bonds is 2. The van der Waals surface area contributed by atoms with Crippen molar-refractivity contribution < 1.29 is 9.90 Å². The first-order valence-electron chi connectivity index (χ1n) is 4.70. The lowest BCUT2D eigenvalue weighted by Gasteiger charge is -2.44. The molecule has 0 aromatic carbocycles. The first-order chi connectivity index (χ1) is 5.95. The van der Waals surface area contributed by atoms with Gasteiger partial charge in [0, 0.05) is 25.6 Å². The van der Waals surface area contributed by atoms with Gasteiger partial charge in [0.25, 0.3) is 0 Å². The van der Waals surface area contributed by atoms with Gasteiger partial charge in [0.15, 0.2) is 0 Å². The van der Waals surface area contributed by atoms with E-state index in [0.29, 0.717) is 19.6 Å². The Kier molecular flexibility index (Phi) is 2.81. The maximum Gasteiger partial charge on any atom is 0.317 e. The summed E-state index contributed by atoms with van der Waals surface area (Å²) >= 11 is 0. The van der Waals surface area contributed by atoms with Crippen molar-refractivity contribution in [3.63, 3.8) is 0 Å². The Morgan fingerprint density at radius 1 is 1.62 bits per heavy atom. The van der Waals surface area contributed by atoms with Crippen molar-refractivity contribution in [1.29, 1.82) is 0 Å². The lowest BCUT2D eigenvalue weighted by Crippen LogP contribution is -2.59. The number of amides is 2.